The number of ether oxygens (including phenoxy) is 2. The minimum Gasteiger partial charge on any atom is -0.492 e. The molecule has 1 aliphatic rings. The van der Waals surface area contributed by atoms with E-state index in [0.29, 0.717) is 18.4 Å². The van der Waals surface area contributed by atoms with Crippen LogP contribution in [0.2, 0.25) is 5.02 Å². The number of rotatable bonds is 5. The van der Waals surface area contributed by atoms with Gasteiger partial charge >= 0.3 is 0 Å². The Balaban J connectivity index is 1.66. The van der Waals surface area contributed by atoms with Crippen molar-refractivity contribution in [1.82, 2.24) is 5.32 Å². The highest BCUT2D eigenvalue weighted by Gasteiger charge is 2.12. The average molecular weight is 274 g/mol. The molecule has 100 valence electrons. The molecule has 0 amide bonds. The monoisotopic (exact) mass is 273 g/mol. The molecule has 3 nitrogen and oxygen atoms in total. The van der Waals surface area contributed by atoms with Gasteiger partial charge in [0.15, 0.2) is 0 Å². The minimum atomic E-state index is -0.452. The molecule has 1 aromatic rings. The Kier molecular flexibility index (Phi) is 5.23. The topological polar surface area (TPSA) is 30.5 Å². The molecule has 1 heterocycles. The molecular formula is C13H17ClFNO2. The van der Waals surface area contributed by atoms with Crippen LogP contribution in [-0.4, -0.2) is 32.4 Å². The Labute approximate surface area is 111 Å². The van der Waals surface area contributed by atoms with E-state index in [1.165, 1.54) is 12.1 Å². The standard InChI is InChI=1S/C13H17ClFNO2/c14-12-2-1-11(9-13(12)15)18-8-5-16-10-3-6-17-7-4-10/h1-2,9-10,16H,3-8H2. The van der Waals surface area contributed by atoms with Crippen molar-refractivity contribution < 1.29 is 13.9 Å². The van der Waals surface area contributed by atoms with Gasteiger partial charge in [-0.05, 0) is 25.0 Å². The average Bonchev–Trinajstić information content (AvgIpc) is 2.40. The fraction of sp³-hybridized carbons (Fsp3) is 0.538. The van der Waals surface area contributed by atoms with Crippen LogP contribution < -0.4 is 10.1 Å². The third-order valence-electron chi connectivity index (χ3n) is 2.92. The Hall–Kier alpha value is -0.840. The third-order valence-corrected chi connectivity index (χ3v) is 3.22. The summed E-state index contributed by atoms with van der Waals surface area (Å²) in [4.78, 5) is 0. The molecule has 2 rings (SSSR count). The molecule has 1 saturated heterocycles. The predicted molar refractivity (Wildman–Crippen MR) is 68.7 cm³/mol. The molecule has 0 radical (unpaired) electrons. The van der Waals surface area contributed by atoms with Crippen molar-refractivity contribution in [3.8, 4) is 5.75 Å². The van der Waals surface area contributed by atoms with Crippen molar-refractivity contribution in [2.24, 2.45) is 0 Å². The van der Waals surface area contributed by atoms with Gasteiger partial charge in [0.05, 0.1) is 5.02 Å². The van der Waals surface area contributed by atoms with Crippen LogP contribution in [0, 0.1) is 5.82 Å². The van der Waals surface area contributed by atoms with E-state index in [1.54, 1.807) is 6.07 Å². The van der Waals surface area contributed by atoms with Gasteiger partial charge in [-0.1, -0.05) is 11.6 Å². The molecule has 0 atom stereocenters. The number of nitrogens with one attached hydrogen (secondary N) is 1. The highest BCUT2D eigenvalue weighted by molar-refractivity contribution is 6.30. The first-order valence-corrected chi connectivity index (χ1v) is 6.52. The Morgan fingerprint density at radius 1 is 1.39 bits per heavy atom. The molecule has 18 heavy (non-hydrogen) atoms. The molecule has 0 bridgehead atoms. The van der Waals surface area contributed by atoms with Gasteiger partial charge in [0.25, 0.3) is 0 Å². The van der Waals surface area contributed by atoms with Gasteiger partial charge in [0, 0.05) is 31.9 Å². The predicted octanol–water partition coefficient (Wildman–Crippen LogP) is 2.63. The fourth-order valence-electron chi connectivity index (χ4n) is 1.90. The van der Waals surface area contributed by atoms with Gasteiger partial charge in [-0.2, -0.15) is 0 Å². The summed E-state index contributed by atoms with van der Waals surface area (Å²) in [6.45, 7) is 2.90. The van der Waals surface area contributed by atoms with E-state index >= 15 is 0 Å². The minimum absolute atomic E-state index is 0.114. The third kappa shape index (κ3) is 4.12. The van der Waals surface area contributed by atoms with E-state index in [1.807, 2.05) is 0 Å². The summed E-state index contributed by atoms with van der Waals surface area (Å²) < 4.78 is 23.9. The summed E-state index contributed by atoms with van der Waals surface area (Å²) in [6.07, 6.45) is 2.07. The summed E-state index contributed by atoms with van der Waals surface area (Å²) in [5.41, 5.74) is 0. The molecule has 1 N–H and O–H groups in total. The van der Waals surface area contributed by atoms with Gasteiger partial charge < -0.3 is 14.8 Å². The molecule has 0 aliphatic carbocycles. The number of hydrogen-bond donors (Lipinski definition) is 1. The lowest BCUT2D eigenvalue weighted by Crippen LogP contribution is -2.37. The molecule has 0 spiro atoms. The van der Waals surface area contributed by atoms with Gasteiger partial charge in [-0.3, -0.25) is 0 Å². The number of hydrogen-bond acceptors (Lipinski definition) is 3. The van der Waals surface area contributed by atoms with E-state index < -0.39 is 5.82 Å². The Morgan fingerprint density at radius 2 is 2.17 bits per heavy atom. The summed E-state index contributed by atoms with van der Waals surface area (Å²) in [5, 5.41) is 3.51. The molecular weight excluding hydrogens is 257 g/mol. The van der Waals surface area contributed by atoms with Crippen molar-refractivity contribution in [3.05, 3.63) is 29.0 Å². The van der Waals surface area contributed by atoms with Crippen LogP contribution in [0.15, 0.2) is 18.2 Å². The van der Waals surface area contributed by atoms with Crippen LogP contribution in [0.4, 0.5) is 4.39 Å². The van der Waals surface area contributed by atoms with Gasteiger partial charge in [-0.15, -0.1) is 0 Å². The van der Waals surface area contributed by atoms with E-state index in [2.05, 4.69) is 5.32 Å². The summed E-state index contributed by atoms with van der Waals surface area (Å²) in [7, 11) is 0. The van der Waals surface area contributed by atoms with E-state index in [9.17, 15) is 4.39 Å². The molecule has 0 unspecified atom stereocenters. The maximum atomic E-state index is 13.1. The lowest BCUT2D eigenvalue weighted by molar-refractivity contribution is 0.0770. The van der Waals surface area contributed by atoms with Crippen molar-refractivity contribution >= 4 is 11.6 Å². The Morgan fingerprint density at radius 3 is 2.89 bits per heavy atom. The Bertz CT molecular complexity index is 383. The van der Waals surface area contributed by atoms with Crippen LogP contribution in [0.1, 0.15) is 12.8 Å². The first-order chi connectivity index (χ1) is 8.75. The summed E-state index contributed by atoms with van der Waals surface area (Å²) in [6, 6.07) is 4.97. The van der Waals surface area contributed by atoms with Gasteiger partial charge in [-0.25, -0.2) is 4.39 Å². The van der Waals surface area contributed by atoms with Crippen molar-refractivity contribution in [2.45, 2.75) is 18.9 Å². The second-order valence-corrected chi connectivity index (χ2v) is 4.67. The maximum Gasteiger partial charge on any atom is 0.145 e. The van der Waals surface area contributed by atoms with Gasteiger partial charge in [0.1, 0.15) is 18.2 Å². The molecule has 1 aliphatic heterocycles. The first-order valence-electron chi connectivity index (χ1n) is 6.14. The van der Waals surface area contributed by atoms with Crippen LogP contribution in [0.3, 0.4) is 0 Å². The molecule has 0 aromatic heterocycles. The second kappa shape index (κ2) is 6.92. The smallest absolute Gasteiger partial charge is 0.145 e. The van der Waals surface area contributed by atoms with Gasteiger partial charge in [0.2, 0.25) is 0 Å². The second-order valence-electron chi connectivity index (χ2n) is 4.27. The molecule has 1 aromatic carbocycles. The van der Waals surface area contributed by atoms with Crippen LogP contribution >= 0.6 is 11.6 Å². The summed E-state index contributed by atoms with van der Waals surface area (Å²) in [5.74, 6) is 0.0530. The highest BCUT2D eigenvalue weighted by atomic mass is 35.5. The zero-order valence-electron chi connectivity index (χ0n) is 10.1. The van der Waals surface area contributed by atoms with E-state index in [0.717, 1.165) is 32.6 Å². The van der Waals surface area contributed by atoms with Crippen molar-refractivity contribution in [1.29, 1.82) is 0 Å². The summed E-state index contributed by atoms with van der Waals surface area (Å²) >= 11 is 5.59. The normalized spacial score (nSPS) is 16.8. The van der Waals surface area contributed by atoms with Crippen LogP contribution in [-0.2, 0) is 4.74 Å². The molecule has 0 saturated carbocycles. The lowest BCUT2D eigenvalue weighted by Gasteiger charge is -2.23. The molecule has 1 fully saturated rings. The zero-order valence-corrected chi connectivity index (χ0v) is 10.9. The quantitative estimate of drug-likeness (QED) is 0.837. The SMILES string of the molecule is Fc1cc(OCCNC2CCOCC2)ccc1Cl. The van der Waals surface area contributed by atoms with Crippen LogP contribution in [0.25, 0.3) is 0 Å². The van der Waals surface area contributed by atoms with Crippen LogP contribution in [0.5, 0.6) is 5.75 Å². The van der Waals surface area contributed by atoms with Crippen molar-refractivity contribution in [2.75, 3.05) is 26.4 Å². The largest absolute Gasteiger partial charge is 0.492 e. The lowest BCUT2D eigenvalue weighted by atomic mass is 10.1. The molecule has 5 heteroatoms. The fourth-order valence-corrected chi connectivity index (χ4v) is 2.02. The van der Waals surface area contributed by atoms with E-state index in [4.69, 9.17) is 21.1 Å². The maximum absolute atomic E-state index is 13.1. The first kappa shape index (κ1) is 13.6. The number of benzene rings is 1. The van der Waals surface area contributed by atoms with Crippen molar-refractivity contribution in [3.63, 3.8) is 0 Å². The zero-order chi connectivity index (χ0) is 12.8. The highest BCUT2D eigenvalue weighted by Crippen LogP contribution is 2.20. The van der Waals surface area contributed by atoms with E-state index in [-0.39, 0.29) is 5.02 Å². The number of halogens is 2.